The first kappa shape index (κ1) is 50.7. The first-order valence-electron chi connectivity index (χ1n) is 18.3. The number of nitrogens with one attached hydrogen (secondary N) is 2. The number of carbonyl (C=O) groups is 3. The fourth-order valence-electron chi connectivity index (χ4n) is 5.38. The van der Waals surface area contributed by atoms with Crippen molar-refractivity contribution < 1.29 is 80.5 Å². The van der Waals surface area contributed by atoms with Gasteiger partial charge in [-0.1, -0.05) is 64.3 Å². The third-order valence-electron chi connectivity index (χ3n) is 8.47. The number of anilines is 1. The molecule has 2 amide bonds. The van der Waals surface area contributed by atoms with Gasteiger partial charge < -0.3 is 50.9 Å². The molecular formula is C31H52N7O17P3S. The number of rotatable bonds is 26. The minimum absolute atomic E-state index is 0.0313. The minimum atomic E-state index is -5.57. The smallest absolute Gasteiger partial charge is 0.386 e. The van der Waals surface area contributed by atoms with Crippen molar-refractivity contribution in [3.8, 4) is 0 Å². The van der Waals surface area contributed by atoms with Gasteiger partial charge in [-0.05, 0) is 18.9 Å². The van der Waals surface area contributed by atoms with Gasteiger partial charge in [0.1, 0.15) is 36.3 Å². The number of nitrogens with two attached hydrogens (primary N) is 1. The fraction of sp³-hybridized carbons (Fsp3) is 0.677. The number of fused-ring (bicyclic) bond motifs is 1. The number of aliphatic hydroxyl groups is 2. The highest BCUT2D eigenvalue weighted by Gasteiger charge is 2.50. The van der Waals surface area contributed by atoms with Gasteiger partial charge in [0.05, 0.1) is 19.5 Å². The number of unbranched alkanes of at least 4 members (excludes halogenated alkanes) is 5. The predicted octanol–water partition coefficient (Wildman–Crippen LogP) is 1.58. The van der Waals surface area contributed by atoms with E-state index in [0.717, 1.165) is 54.7 Å². The van der Waals surface area contributed by atoms with Crippen LogP contribution in [0.25, 0.3) is 11.2 Å². The molecule has 1 aliphatic heterocycles. The highest BCUT2D eigenvalue weighted by molar-refractivity contribution is 8.14. The summed E-state index contributed by atoms with van der Waals surface area (Å²) in [4.78, 5) is 87.7. The average molecular weight is 920 g/mol. The van der Waals surface area contributed by atoms with Gasteiger partial charge in [0.25, 0.3) is 0 Å². The molecule has 28 heteroatoms. The van der Waals surface area contributed by atoms with Crippen LogP contribution in [0.5, 0.6) is 0 Å². The molecular weight excluding hydrogens is 867 g/mol. The van der Waals surface area contributed by atoms with E-state index in [1.54, 1.807) is 0 Å². The molecule has 3 rings (SSSR count). The van der Waals surface area contributed by atoms with Crippen LogP contribution < -0.4 is 16.4 Å². The topological polar surface area (TPSA) is 364 Å². The SMILES string of the molecule is CCCCCCCC=CC(=O)SCCNC(=O)CCNC(=O)[C@H](O)C(C)(C)COP(=O)(O)OP(=O)(O)OC[C@H]1O[C@@H](n2cnc3c(N)ncnc32)[C@H](O)[C@@H]1OP(=O)(O)O. The Balaban J connectivity index is 1.43. The zero-order valence-corrected chi connectivity index (χ0v) is 36.0. The molecule has 24 nitrogen and oxygen atoms in total. The summed E-state index contributed by atoms with van der Waals surface area (Å²) in [6, 6.07) is 0. The standard InChI is InChI=1S/C31H52N7O17P3S/c1-4-5-6-7-8-9-10-11-22(40)59-15-14-33-21(39)12-13-34-29(43)26(42)31(2,3)17-52-58(49,50)55-57(47,48)51-16-20-25(54-56(44,45)46)24(41)30(53-20)38-19-37-23-27(32)35-18-36-28(23)38/h10-11,18-20,24-26,30,41-42H,4-9,12-17H2,1-3H3,(H,33,39)(H,34,43)(H,47,48)(H,49,50)(H2,32,35,36)(H2,44,45,46)/t20-,24-,25-,26+,30-/m1/s1. The van der Waals surface area contributed by atoms with Crippen molar-refractivity contribution in [1.29, 1.82) is 0 Å². The van der Waals surface area contributed by atoms with Gasteiger partial charge in [-0.3, -0.25) is 32.5 Å². The Morgan fingerprint density at radius 1 is 1.03 bits per heavy atom. The van der Waals surface area contributed by atoms with Crippen molar-refractivity contribution in [2.75, 3.05) is 37.8 Å². The molecule has 2 aromatic heterocycles. The number of carbonyl (C=O) groups excluding carboxylic acids is 3. The predicted molar refractivity (Wildman–Crippen MR) is 210 cm³/mol. The van der Waals surface area contributed by atoms with Crippen molar-refractivity contribution >= 4 is 69.1 Å². The molecule has 7 atom stereocenters. The van der Waals surface area contributed by atoms with Gasteiger partial charge in [0, 0.05) is 30.7 Å². The number of thioether (sulfide) groups is 1. The number of aliphatic hydroxyl groups excluding tert-OH is 2. The van der Waals surface area contributed by atoms with Crippen LogP contribution >= 0.6 is 35.2 Å². The fourth-order valence-corrected chi connectivity index (χ4v) is 8.80. The Morgan fingerprint density at radius 2 is 1.73 bits per heavy atom. The lowest BCUT2D eigenvalue weighted by Crippen LogP contribution is -2.46. The molecule has 2 unspecified atom stereocenters. The molecule has 0 bridgehead atoms. The van der Waals surface area contributed by atoms with E-state index in [1.165, 1.54) is 32.8 Å². The molecule has 0 aliphatic carbocycles. The molecule has 1 fully saturated rings. The van der Waals surface area contributed by atoms with E-state index in [0.29, 0.717) is 5.75 Å². The summed E-state index contributed by atoms with van der Waals surface area (Å²) in [5.74, 6) is -1.11. The molecule has 0 radical (unpaired) electrons. The van der Waals surface area contributed by atoms with E-state index >= 15 is 0 Å². The Kier molecular flexibility index (Phi) is 19.7. The van der Waals surface area contributed by atoms with Crippen LogP contribution in [0.1, 0.15) is 71.9 Å². The Hall–Kier alpha value is -2.70. The summed E-state index contributed by atoms with van der Waals surface area (Å²) in [6.07, 6.45) is 2.97. The number of phosphoric ester groups is 3. The highest BCUT2D eigenvalue weighted by Crippen LogP contribution is 2.61. The lowest BCUT2D eigenvalue weighted by atomic mass is 9.87. The molecule has 1 aliphatic rings. The van der Waals surface area contributed by atoms with Crippen LogP contribution in [-0.2, 0) is 50.7 Å². The van der Waals surface area contributed by atoms with Crippen LogP contribution in [0.4, 0.5) is 5.82 Å². The Labute approximate surface area is 343 Å². The van der Waals surface area contributed by atoms with Crippen LogP contribution in [0.15, 0.2) is 24.8 Å². The van der Waals surface area contributed by atoms with E-state index in [2.05, 4.69) is 41.3 Å². The number of nitrogens with zero attached hydrogens (tertiary/aromatic N) is 4. The van der Waals surface area contributed by atoms with Crippen LogP contribution in [0.3, 0.4) is 0 Å². The quantitative estimate of drug-likeness (QED) is 0.0367. The Bertz CT molecular complexity index is 1900. The number of hydrogen-bond acceptors (Lipinski definition) is 18. The molecule has 2 aromatic rings. The van der Waals surface area contributed by atoms with Crippen molar-refractivity contribution in [3.05, 3.63) is 24.8 Å². The summed E-state index contributed by atoms with van der Waals surface area (Å²) in [5, 5.41) is 26.3. The number of nitrogen functional groups attached to an aromatic ring is 1. The number of hydrogen-bond donors (Lipinski definition) is 9. The number of ether oxygens (including phenoxy) is 1. The van der Waals surface area contributed by atoms with Crippen LogP contribution in [0.2, 0.25) is 0 Å². The van der Waals surface area contributed by atoms with E-state index < -0.39 is 84.6 Å². The molecule has 0 saturated carbocycles. The van der Waals surface area contributed by atoms with E-state index in [-0.39, 0.29) is 41.6 Å². The first-order chi connectivity index (χ1) is 27.6. The van der Waals surface area contributed by atoms with Gasteiger partial charge in [0.2, 0.25) is 16.9 Å². The third kappa shape index (κ3) is 16.9. The summed E-state index contributed by atoms with van der Waals surface area (Å²) in [7, 11) is -16.4. The van der Waals surface area contributed by atoms with Crippen molar-refractivity contribution in [2.45, 2.75) is 96.4 Å². The van der Waals surface area contributed by atoms with Gasteiger partial charge in [-0.2, -0.15) is 4.31 Å². The first-order valence-corrected chi connectivity index (χ1v) is 23.8. The second-order valence-corrected chi connectivity index (χ2v) is 19.2. The second kappa shape index (κ2) is 22.9. The van der Waals surface area contributed by atoms with Crippen LogP contribution in [0, 0.1) is 5.41 Å². The zero-order valence-electron chi connectivity index (χ0n) is 32.5. The van der Waals surface area contributed by atoms with Gasteiger partial charge >= 0.3 is 23.5 Å². The van der Waals surface area contributed by atoms with E-state index in [9.17, 15) is 57.9 Å². The third-order valence-corrected chi connectivity index (χ3v) is 12.4. The molecule has 59 heavy (non-hydrogen) atoms. The monoisotopic (exact) mass is 919 g/mol. The number of aromatic nitrogens is 4. The Morgan fingerprint density at radius 3 is 2.42 bits per heavy atom. The largest absolute Gasteiger partial charge is 0.481 e. The highest BCUT2D eigenvalue weighted by atomic mass is 32.2. The van der Waals surface area contributed by atoms with Gasteiger partial charge in [-0.25, -0.2) is 28.6 Å². The maximum atomic E-state index is 12.7. The number of amides is 2. The number of imidazole rings is 1. The lowest BCUT2D eigenvalue weighted by molar-refractivity contribution is -0.137. The van der Waals surface area contributed by atoms with Crippen molar-refractivity contribution in [2.24, 2.45) is 5.41 Å². The maximum absolute atomic E-state index is 12.7. The van der Waals surface area contributed by atoms with Gasteiger partial charge in [0.15, 0.2) is 17.7 Å². The van der Waals surface area contributed by atoms with Gasteiger partial charge in [-0.15, -0.1) is 0 Å². The summed E-state index contributed by atoms with van der Waals surface area (Å²) in [6.45, 7) is 2.65. The summed E-state index contributed by atoms with van der Waals surface area (Å²) >= 11 is 1.06. The van der Waals surface area contributed by atoms with E-state index in [1.807, 2.05) is 6.08 Å². The molecule has 1 saturated heterocycles. The minimum Gasteiger partial charge on any atom is -0.386 e. The summed E-state index contributed by atoms with van der Waals surface area (Å²) < 4.78 is 62.2. The zero-order chi connectivity index (χ0) is 44.0. The van der Waals surface area contributed by atoms with Crippen molar-refractivity contribution in [3.63, 3.8) is 0 Å². The number of allylic oxidation sites excluding steroid dienone is 1. The number of phosphoric acid groups is 3. The van der Waals surface area contributed by atoms with Crippen LogP contribution in [-0.4, -0.2) is 123 Å². The molecule has 10 N–H and O–H groups in total. The summed E-state index contributed by atoms with van der Waals surface area (Å²) in [5.41, 5.74) is 4.27. The van der Waals surface area contributed by atoms with E-state index in [4.69, 9.17) is 19.5 Å². The molecule has 0 aromatic carbocycles. The molecule has 3 heterocycles. The van der Waals surface area contributed by atoms with Crippen molar-refractivity contribution in [1.82, 2.24) is 30.2 Å². The molecule has 0 spiro atoms. The second-order valence-electron chi connectivity index (χ2n) is 13.8. The normalized spacial score (nSPS) is 21.3. The maximum Gasteiger partial charge on any atom is 0.481 e. The lowest BCUT2D eigenvalue weighted by Gasteiger charge is -2.30. The average Bonchev–Trinajstić information content (AvgIpc) is 3.71. The molecule has 334 valence electrons.